The topological polar surface area (TPSA) is 54.4 Å². The van der Waals surface area contributed by atoms with Crippen molar-refractivity contribution in [1.82, 2.24) is 0 Å². The van der Waals surface area contributed by atoms with Crippen LogP contribution in [0.4, 0.5) is 0 Å². The van der Waals surface area contributed by atoms with Gasteiger partial charge >= 0.3 is 0 Å². The fourth-order valence-electron chi connectivity index (χ4n) is 8.67. The van der Waals surface area contributed by atoms with Gasteiger partial charge in [0.15, 0.2) is 11.6 Å². The van der Waals surface area contributed by atoms with Gasteiger partial charge in [-0.25, -0.2) is 0 Å². The smallest absolute Gasteiger partial charge is 0.160 e. The first-order valence-electron chi connectivity index (χ1n) is 13.4. The third-order valence-corrected chi connectivity index (χ3v) is 11.3. The number of carbonyl (C=O) groups is 2. The van der Waals surface area contributed by atoms with Crippen LogP contribution in [-0.2, 0) is 9.59 Å². The number of Topliss-reactive ketones (excluding diaryl/α,β-unsaturated/α-hetero) is 2. The van der Waals surface area contributed by atoms with E-state index in [1.54, 1.807) is 0 Å². The van der Waals surface area contributed by atoms with E-state index in [1.807, 2.05) is 0 Å². The highest BCUT2D eigenvalue weighted by Crippen LogP contribution is 2.70. The number of fused-ring (bicyclic) bond motifs is 4. The van der Waals surface area contributed by atoms with E-state index in [-0.39, 0.29) is 45.8 Å². The third kappa shape index (κ3) is 3.46. The Morgan fingerprint density at radius 2 is 1.73 bits per heavy atom. The van der Waals surface area contributed by atoms with Gasteiger partial charge in [0.25, 0.3) is 0 Å². The molecule has 0 aliphatic heterocycles. The van der Waals surface area contributed by atoms with Crippen LogP contribution in [0.1, 0.15) is 99.8 Å². The highest BCUT2D eigenvalue weighted by molar-refractivity contribution is 6.11. The van der Waals surface area contributed by atoms with E-state index in [1.165, 1.54) is 5.57 Å². The zero-order chi connectivity index (χ0) is 24.5. The number of carbonyl (C=O) groups excluding carboxylic acids is 2. The lowest BCUT2D eigenvalue weighted by molar-refractivity contribution is -0.135. The van der Waals surface area contributed by atoms with Crippen molar-refractivity contribution in [3.05, 3.63) is 23.3 Å². The van der Waals surface area contributed by atoms with Crippen LogP contribution in [0.2, 0.25) is 0 Å². The van der Waals surface area contributed by atoms with Gasteiger partial charge in [-0.3, -0.25) is 9.59 Å². The summed E-state index contributed by atoms with van der Waals surface area (Å²) in [5.74, 6) is 2.01. The maximum absolute atomic E-state index is 13.9. The standard InChI is InChI=1S/C30H46O3/c1-17(2)18(3)9-10-19(4)21-11-14-29(7)27-24(32)15-22-20(5)23(31)12-13-28(22,6)26(27)25(33)16-30(21,29)8/h17,19-23,31H,3,9-16H2,1-2,4-8H3/t19-,20+,21-,22+,23+,28+,29+,30-/m1/s1. The Labute approximate surface area is 201 Å². The maximum atomic E-state index is 13.9. The predicted molar refractivity (Wildman–Crippen MR) is 134 cm³/mol. The van der Waals surface area contributed by atoms with Crippen molar-refractivity contribution in [2.24, 2.45) is 45.8 Å². The molecule has 3 nitrogen and oxygen atoms in total. The van der Waals surface area contributed by atoms with Gasteiger partial charge in [-0.05, 0) is 73.5 Å². The van der Waals surface area contributed by atoms with Gasteiger partial charge in [-0.2, -0.15) is 0 Å². The van der Waals surface area contributed by atoms with E-state index in [2.05, 4.69) is 55.0 Å². The minimum Gasteiger partial charge on any atom is -0.393 e. The summed E-state index contributed by atoms with van der Waals surface area (Å²) in [6.07, 6.45) is 6.46. The average Bonchev–Trinajstić information content (AvgIpc) is 3.01. The molecule has 33 heavy (non-hydrogen) atoms. The molecule has 3 heteroatoms. The largest absolute Gasteiger partial charge is 0.393 e. The SMILES string of the molecule is C=C(CC[C@@H](C)[C@H]1CC[C@@]2(C)C3=C(C(=O)C[C@]12C)[C@@]1(C)CC[C@H](O)[C@@H](C)[C@@H]1CC3=O)C(C)C. The van der Waals surface area contributed by atoms with Gasteiger partial charge in [0.2, 0.25) is 0 Å². The highest BCUT2D eigenvalue weighted by atomic mass is 16.3. The molecule has 0 saturated heterocycles. The number of allylic oxidation sites excluding steroid dienone is 3. The molecule has 1 N–H and O–H groups in total. The maximum Gasteiger partial charge on any atom is 0.160 e. The van der Waals surface area contributed by atoms with E-state index in [9.17, 15) is 14.7 Å². The van der Waals surface area contributed by atoms with Gasteiger partial charge in [0, 0.05) is 34.8 Å². The van der Waals surface area contributed by atoms with Crippen LogP contribution in [0.3, 0.4) is 0 Å². The molecule has 0 amide bonds. The van der Waals surface area contributed by atoms with Crippen molar-refractivity contribution < 1.29 is 14.7 Å². The van der Waals surface area contributed by atoms with Gasteiger partial charge < -0.3 is 5.11 Å². The molecule has 184 valence electrons. The number of hydrogen-bond donors (Lipinski definition) is 1. The van der Waals surface area contributed by atoms with Crippen LogP contribution >= 0.6 is 0 Å². The Kier molecular flexibility index (Phi) is 6.17. The second-order valence-corrected chi connectivity index (χ2v) is 13.2. The van der Waals surface area contributed by atoms with Crippen molar-refractivity contribution in [2.45, 2.75) is 106 Å². The molecule has 0 aromatic carbocycles. The molecule has 0 radical (unpaired) electrons. The molecule has 2 saturated carbocycles. The molecule has 0 spiro atoms. The van der Waals surface area contributed by atoms with E-state index in [4.69, 9.17) is 0 Å². The molecule has 0 heterocycles. The second kappa shape index (κ2) is 8.18. The lowest BCUT2D eigenvalue weighted by Gasteiger charge is -2.58. The number of ketones is 2. The number of hydrogen-bond acceptors (Lipinski definition) is 3. The number of aliphatic hydroxyl groups excluding tert-OH is 1. The normalized spacial score (nSPS) is 43.9. The first-order valence-corrected chi connectivity index (χ1v) is 13.4. The lowest BCUT2D eigenvalue weighted by Crippen LogP contribution is -2.56. The van der Waals surface area contributed by atoms with E-state index in [0.717, 1.165) is 49.7 Å². The number of rotatable bonds is 5. The molecule has 4 aliphatic carbocycles. The Bertz CT molecular complexity index is 896. The summed E-state index contributed by atoms with van der Waals surface area (Å²) in [6.45, 7) is 20.0. The summed E-state index contributed by atoms with van der Waals surface area (Å²) < 4.78 is 0. The van der Waals surface area contributed by atoms with Gasteiger partial charge in [0.05, 0.1) is 6.10 Å². The highest BCUT2D eigenvalue weighted by Gasteiger charge is 2.66. The zero-order valence-corrected chi connectivity index (χ0v) is 22.1. The van der Waals surface area contributed by atoms with E-state index >= 15 is 0 Å². The van der Waals surface area contributed by atoms with Crippen LogP contribution in [0.5, 0.6) is 0 Å². The molecule has 2 fully saturated rings. The average molecular weight is 455 g/mol. The predicted octanol–water partition coefficient (Wildman–Crippen LogP) is 6.69. The molecular formula is C30H46O3. The molecule has 4 aliphatic rings. The molecule has 8 atom stereocenters. The van der Waals surface area contributed by atoms with Crippen molar-refractivity contribution in [3.63, 3.8) is 0 Å². The van der Waals surface area contributed by atoms with Crippen LogP contribution in [0, 0.1) is 45.8 Å². The minimum atomic E-state index is -0.366. The fraction of sp³-hybridized carbons (Fsp3) is 0.800. The first kappa shape index (κ1) is 24.9. The molecule has 0 aromatic heterocycles. The van der Waals surface area contributed by atoms with Gasteiger partial charge in [0.1, 0.15) is 0 Å². The Balaban J connectivity index is 1.71. The second-order valence-electron chi connectivity index (χ2n) is 13.2. The Hall–Kier alpha value is -1.22. The van der Waals surface area contributed by atoms with E-state index < -0.39 is 0 Å². The lowest BCUT2D eigenvalue weighted by atomic mass is 9.44. The molecule has 0 aromatic rings. The summed E-state index contributed by atoms with van der Waals surface area (Å²) >= 11 is 0. The quantitative estimate of drug-likeness (QED) is 0.471. The number of aliphatic hydroxyl groups is 1. The van der Waals surface area contributed by atoms with Crippen LogP contribution in [0.25, 0.3) is 0 Å². The third-order valence-electron chi connectivity index (χ3n) is 11.3. The van der Waals surface area contributed by atoms with Crippen molar-refractivity contribution in [3.8, 4) is 0 Å². The van der Waals surface area contributed by atoms with Crippen molar-refractivity contribution >= 4 is 11.6 Å². The minimum absolute atomic E-state index is 0.0565. The Morgan fingerprint density at radius 3 is 2.36 bits per heavy atom. The molecule has 0 unspecified atom stereocenters. The molecule has 4 rings (SSSR count). The van der Waals surface area contributed by atoms with E-state index in [0.29, 0.717) is 30.6 Å². The monoisotopic (exact) mass is 454 g/mol. The first-order chi connectivity index (χ1) is 15.3. The van der Waals surface area contributed by atoms with Crippen LogP contribution < -0.4 is 0 Å². The van der Waals surface area contributed by atoms with Gasteiger partial charge in [-0.15, -0.1) is 0 Å². The van der Waals surface area contributed by atoms with Crippen molar-refractivity contribution in [2.75, 3.05) is 0 Å². The Morgan fingerprint density at radius 1 is 1.06 bits per heavy atom. The molecule has 0 bridgehead atoms. The fourth-order valence-corrected chi connectivity index (χ4v) is 8.67. The zero-order valence-electron chi connectivity index (χ0n) is 22.1. The summed E-state index contributed by atoms with van der Waals surface area (Å²) in [7, 11) is 0. The summed E-state index contributed by atoms with van der Waals surface area (Å²) in [5.41, 5.74) is 2.40. The molecular weight excluding hydrogens is 408 g/mol. The van der Waals surface area contributed by atoms with Crippen LogP contribution in [0.15, 0.2) is 23.3 Å². The van der Waals surface area contributed by atoms with Crippen LogP contribution in [-0.4, -0.2) is 22.8 Å². The summed E-state index contributed by atoms with van der Waals surface area (Å²) in [6, 6.07) is 0. The van der Waals surface area contributed by atoms with Gasteiger partial charge in [-0.1, -0.05) is 60.6 Å². The summed E-state index contributed by atoms with van der Waals surface area (Å²) in [5, 5.41) is 10.5. The van der Waals surface area contributed by atoms with Crippen molar-refractivity contribution in [1.29, 1.82) is 0 Å². The summed E-state index contributed by atoms with van der Waals surface area (Å²) in [4.78, 5) is 27.7.